The Bertz CT molecular complexity index is 326. The smallest absolute Gasteiger partial charge is 0.163 e. The molecule has 0 amide bonds. The summed E-state index contributed by atoms with van der Waals surface area (Å²) in [5, 5.41) is 0.254. The molecular formula is C10H12ClF2N. The van der Waals surface area contributed by atoms with Crippen molar-refractivity contribution >= 4 is 11.6 Å². The van der Waals surface area contributed by atoms with Crippen molar-refractivity contribution in [2.24, 2.45) is 5.73 Å². The maximum Gasteiger partial charge on any atom is 0.163 e. The maximum absolute atomic E-state index is 13.2. The third kappa shape index (κ3) is 2.66. The summed E-state index contributed by atoms with van der Waals surface area (Å²) in [5.41, 5.74) is 5.73. The molecule has 0 saturated carbocycles. The largest absolute Gasteiger partial charge is 0.328 e. The highest BCUT2D eigenvalue weighted by molar-refractivity contribution is 6.31. The fraction of sp³-hybridized carbons (Fsp3) is 0.400. The summed E-state index contributed by atoms with van der Waals surface area (Å²) in [6.45, 7) is 1.81. The van der Waals surface area contributed by atoms with Crippen LogP contribution >= 0.6 is 11.6 Å². The molecule has 1 atom stereocenters. The summed E-state index contributed by atoms with van der Waals surface area (Å²) in [6, 6.07) is 2.33. The van der Waals surface area contributed by atoms with Crippen LogP contribution in [-0.4, -0.2) is 6.04 Å². The first-order chi connectivity index (χ1) is 6.52. The fourth-order valence-corrected chi connectivity index (χ4v) is 1.41. The van der Waals surface area contributed by atoms with E-state index in [1.165, 1.54) is 6.07 Å². The summed E-state index contributed by atoms with van der Waals surface area (Å²) in [5.74, 6) is -1.73. The minimum atomic E-state index is -0.867. The lowest BCUT2D eigenvalue weighted by molar-refractivity contribution is 0.495. The SMILES string of the molecule is CC(N)CCc1c(Cl)ccc(F)c1F. The van der Waals surface area contributed by atoms with E-state index in [2.05, 4.69) is 0 Å². The monoisotopic (exact) mass is 219 g/mol. The highest BCUT2D eigenvalue weighted by Crippen LogP contribution is 2.23. The van der Waals surface area contributed by atoms with Crippen molar-refractivity contribution in [2.45, 2.75) is 25.8 Å². The van der Waals surface area contributed by atoms with Gasteiger partial charge < -0.3 is 5.73 Å². The van der Waals surface area contributed by atoms with E-state index in [4.69, 9.17) is 17.3 Å². The van der Waals surface area contributed by atoms with Crippen LogP contribution in [0, 0.1) is 11.6 Å². The average Bonchev–Trinajstić information content (AvgIpc) is 2.11. The van der Waals surface area contributed by atoms with Crippen molar-refractivity contribution in [1.82, 2.24) is 0 Å². The van der Waals surface area contributed by atoms with Gasteiger partial charge in [-0.2, -0.15) is 0 Å². The quantitative estimate of drug-likeness (QED) is 0.778. The summed E-state index contributed by atoms with van der Waals surface area (Å²) in [7, 11) is 0. The van der Waals surface area contributed by atoms with Crippen LogP contribution in [0.4, 0.5) is 8.78 Å². The van der Waals surface area contributed by atoms with Gasteiger partial charge in [0.1, 0.15) is 0 Å². The standard InChI is InChI=1S/C10H12ClF2N/c1-6(14)2-3-7-8(11)4-5-9(12)10(7)13/h4-6H,2-3,14H2,1H3. The van der Waals surface area contributed by atoms with Gasteiger partial charge in [0, 0.05) is 16.6 Å². The predicted molar refractivity (Wildman–Crippen MR) is 53.3 cm³/mol. The first-order valence-electron chi connectivity index (χ1n) is 4.40. The number of nitrogens with two attached hydrogens (primary N) is 1. The van der Waals surface area contributed by atoms with E-state index in [9.17, 15) is 8.78 Å². The Morgan fingerprint density at radius 2 is 2.07 bits per heavy atom. The molecule has 0 spiro atoms. The van der Waals surface area contributed by atoms with Crippen molar-refractivity contribution in [2.75, 3.05) is 0 Å². The predicted octanol–water partition coefficient (Wildman–Crippen LogP) is 2.90. The van der Waals surface area contributed by atoms with Gasteiger partial charge in [0.25, 0.3) is 0 Å². The zero-order valence-corrected chi connectivity index (χ0v) is 8.61. The van der Waals surface area contributed by atoms with Gasteiger partial charge in [-0.1, -0.05) is 11.6 Å². The molecule has 4 heteroatoms. The normalized spacial score (nSPS) is 12.9. The summed E-state index contributed by atoms with van der Waals surface area (Å²) in [4.78, 5) is 0. The molecular weight excluding hydrogens is 208 g/mol. The molecule has 0 bridgehead atoms. The van der Waals surface area contributed by atoms with E-state index in [-0.39, 0.29) is 16.6 Å². The molecule has 0 aliphatic heterocycles. The van der Waals surface area contributed by atoms with Crippen LogP contribution in [-0.2, 0) is 6.42 Å². The van der Waals surface area contributed by atoms with E-state index in [0.29, 0.717) is 12.8 Å². The lowest BCUT2D eigenvalue weighted by Gasteiger charge is -2.08. The first-order valence-corrected chi connectivity index (χ1v) is 4.78. The van der Waals surface area contributed by atoms with Gasteiger partial charge in [0.15, 0.2) is 11.6 Å². The van der Waals surface area contributed by atoms with Crippen LogP contribution in [0.25, 0.3) is 0 Å². The molecule has 0 heterocycles. The molecule has 0 saturated heterocycles. The maximum atomic E-state index is 13.2. The molecule has 2 N–H and O–H groups in total. The van der Waals surface area contributed by atoms with E-state index < -0.39 is 11.6 Å². The summed E-state index contributed by atoms with van der Waals surface area (Å²) < 4.78 is 26.0. The van der Waals surface area contributed by atoms with Gasteiger partial charge in [-0.15, -0.1) is 0 Å². The number of hydrogen-bond acceptors (Lipinski definition) is 1. The molecule has 0 fully saturated rings. The molecule has 1 rings (SSSR count). The minimum Gasteiger partial charge on any atom is -0.328 e. The third-order valence-electron chi connectivity index (χ3n) is 1.99. The molecule has 78 valence electrons. The summed E-state index contributed by atoms with van der Waals surface area (Å²) >= 11 is 5.74. The second-order valence-corrected chi connectivity index (χ2v) is 3.74. The van der Waals surface area contributed by atoms with Gasteiger partial charge in [0.05, 0.1) is 0 Å². The van der Waals surface area contributed by atoms with Crippen LogP contribution in [0.2, 0.25) is 5.02 Å². The molecule has 0 radical (unpaired) electrons. The van der Waals surface area contributed by atoms with Gasteiger partial charge in [0.2, 0.25) is 0 Å². The summed E-state index contributed by atoms with van der Waals surface area (Å²) in [6.07, 6.45) is 0.945. The molecule has 1 unspecified atom stereocenters. The lowest BCUT2D eigenvalue weighted by Crippen LogP contribution is -2.16. The van der Waals surface area contributed by atoms with Gasteiger partial charge in [-0.05, 0) is 31.9 Å². The third-order valence-corrected chi connectivity index (χ3v) is 2.34. The van der Waals surface area contributed by atoms with E-state index >= 15 is 0 Å². The van der Waals surface area contributed by atoms with Gasteiger partial charge >= 0.3 is 0 Å². The second-order valence-electron chi connectivity index (χ2n) is 3.34. The van der Waals surface area contributed by atoms with Gasteiger partial charge in [-0.25, -0.2) is 8.78 Å². The van der Waals surface area contributed by atoms with Crippen LogP contribution in [0.3, 0.4) is 0 Å². The highest BCUT2D eigenvalue weighted by atomic mass is 35.5. The van der Waals surface area contributed by atoms with E-state index in [0.717, 1.165) is 6.07 Å². The van der Waals surface area contributed by atoms with E-state index in [1.807, 2.05) is 6.92 Å². The van der Waals surface area contributed by atoms with Crippen LogP contribution < -0.4 is 5.73 Å². The number of hydrogen-bond donors (Lipinski definition) is 1. The van der Waals surface area contributed by atoms with Gasteiger partial charge in [-0.3, -0.25) is 0 Å². The zero-order chi connectivity index (χ0) is 10.7. The molecule has 0 aliphatic carbocycles. The fourth-order valence-electron chi connectivity index (χ4n) is 1.17. The number of rotatable bonds is 3. The Balaban J connectivity index is 2.89. The Kier molecular flexibility index (Phi) is 3.84. The number of benzene rings is 1. The molecule has 1 aromatic carbocycles. The Hall–Kier alpha value is -0.670. The molecule has 14 heavy (non-hydrogen) atoms. The van der Waals surface area contributed by atoms with Crippen LogP contribution in [0.5, 0.6) is 0 Å². The molecule has 1 aromatic rings. The topological polar surface area (TPSA) is 26.0 Å². The molecule has 1 nitrogen and oxygen atoms in total. The Morgan fingerprint density at radius 1 is 1.43 bits per heavy atom. The first kappa shape index (κ1) is 11.4. The second kappa shape index (κ2) is 4.71. The highest BCUT2D eigenvalue weighted by Gasteiger charge is 2.12. The molecule has 0 aromatic heterocycles. The van der Waals surface area contributed by atoms with E-state index in [1.54, 1.807) is 0 Å². The van der Waals surface area contributed by atoms with Crippen LogP contribution in [0.15, 0.2) is 12.1 Å². The van der Waals surface area contributed by atoms with Crippen molar-refractivity contribution in [3.05, 3.63) is 34.4 Å². The molecule has 0 aliphatic rings. The Morgan fingerprint density at radius 3 is 2.64 bits per heavy atom. The van der Waals surface area contributed by atoms with Crippen LogP contribution in [0.1, 0.15) is 18.9 Å². The van der Waals surface area contributed by atoms with Crippen molar-refractivity contribution in [1.29, 1.82) is 0 Å². The Labute approximate surface area is 86.9 Å². The lowest BCUT2D eigenvalue weighted by atomic mass is 10.1. The van der Waals surface area contributed by atoms with Crippen molar-refractivity contribution < 1.29 is 8.78 Å². The average molecular weight is 220 g/mol. The number of halogens is 3. The minimum absolute atomic E-state index is 0.0475. The van der Waals surface area contributed by atoms with Crippen molar-refractivity contribution in [3.8, 4) is 0 Å². The van der Waals surface area contributed by atoms with Crippen molar-refractivity contribution in [3.63, 3.8) is 0 Å². The zero-order valence-electron chi connectivity index (χ0n) is 7.86.